The minimum absolute atomic E-state index is 0.0141. The number of hydrogen-bond acceptors (Lipinski definition) is 5. The highest BCUT2D eigenvalue weighted by Gasteiger charge is 2.11. The van der Waals surface area contributed by atoms with Crippen molar-refractivity contribution < 1.29 is 14.3 Å². The average Bonchev–Trinajstić information content (AvgIpc) is 3.13. The van der Waals surface area contributed by atoms with Gasteiger partial charge in [-0.05, 0) is 29.7 Å². The van der Waals surface area contributed by atoms with E-state index in [9.17, 15) is 4.79 Å². The number of carbonyl (C=O) groups is 1. The molecule has 152 valence electrons. The molecule has 0 radical (unpaired) electrons. The summed E-state index contributed by atoms with van der Waals surface area (Å²) in [5.41, 5.74) is 3.21. The predicted octanol–water partition coefficient (Wildman–Crippen LogP) is 3.56. The average molecular weight is 412 g/mol. The van der Waals surface area contributed by atoms with Gasteiger partial charge in [-0.25, -0.2) is 4.98 Å². The van der Waals surface area contributed by atoms with E-state index in [0.717, 1.165) is 28.4 Å². The molecule has 1 amide bonds. The van der Waals surface area contributed by atoms with Gasteiger partial charge in [-0.3, -0.25) is 4.79 Å². The van der Waals surface area contributed by atoms with E-state index in [1.165, 1.54) is 11.8 Å². The highest BCUT2D eigenvalue weighted by Crippen LogP contribution is 2.27. The number of nitrogens with one attached hydrogen (secondary N) is 1. The molecule has 0 fully saturated rings. The van der Waals surface area contributed by atoms with Crippen molar-refractivity contribution >= 4 is 17.7 Å². The number of ether oxygens (including phenoxy) is 2. The van der Waals surface area contributed by atoms with Crippen molar-refractivity contribution in [2.24, 2.45) is 7.05 Å². The zero-order chi connectivity index (χ0) is 20.6. The molecular formula is C22H25N3O3S. The fourth-order valence-electron chi connectivity index (χ4n) is 2.97. The van der Waals surface area contributed by atoms with Gasteiger partial charge >= 0.3 is 0 Å². The Morgan fingerprint density at radius 3 is 2.59 bits per heavy atom. The van der Waals surface area contributed by atoms with Gasteiger partial charge in [0.25, 0.3) is 0 Å². The highest BCUT2D eigenvalue weighted by molar-refractivity contribution is 7.99. The second kappa shape index (κ2) is 10.0. The van der Waals surface area contributed by atoms with Gasteiger partial charge < -0.3 is 19.4 Å². The van der Waals surface area contributed by atoms with Crippen LogP contribution in [0.2, 0.25) is 0 Å². The summed E-state index contributed by atoms with van der Waals surface area (Å²) in [6, 6.07) is 15.9. The third kappa shape index (κ3) is 5.32. The number of benzene rings is 2. The van der Waals surface area contributed by atoms with E-state index in [2.05, 4.69) is 10.3 Å². The molecule has 7 heteroatoms. The van der Waals surface area contributed by atoms with Gasteiger partial charge in [0.1, 0.15) is 0 Å². The third-order valence-corrected chi connectivity index (χ3v) is 5.58. The molecule has 1 heterocycles. The van der Waals surface area contributed by atoms with Gasteiger partial charge in [0, 0.05) is 13.6 Å². The molecule has 0 aliphatic heterocycles. The summed E-state index contributed by atoms with van der Waals surface area (Å²) in [4.78, 5) is 16.7. The smallest absolute Gasteiger partial charge is 0.230 e. The predicted molar refractivity (Wildman–Crippen MR) is 116 cm³/mol. The van der Waals surface area contributed by atoms with Crippen LogP contribution in [0.4, 0.5) is 0 Å². The Morgan fingerprint density at radius 2 is 1.86 bits per heavy atom. The third-order valence-electron chi connectivity index (χ3n) is 4.53. The van der Waals surface area contributed by atoms with Crippen molar-refractivity contribution in [2.75, 3.05) is 26.5 Å². The molecule has 0 aliphatic carbocycles. The van der Waals surface area contributed by atoms with Crippen LogP contribution in [-0.4, -0.2) is 42.0 Å². The molecule has 0 spiro atoms. The summed E-state index contributed by atoms with van der Waals surface area (Å²) in [5.74, 6) is 1.70. The second-order valence-electron chi connectivity index (χ2n) is 6.43. The maximum absolute atomic E-state index is 12.2. The molecule has 29 heavy (non-hydrogen) atoms. The number of amides is 1. The van der Waals surface area contributed by atoms with E-state index in [-0.39, 0.29) is 5.91 Å². The molecule has 0 atom stereocenters. The van der Waals surface area contributed by atoms with Crippen LogP contribution in [0.25, 0.3) is 11.3 Å². The molecule has 0 saturated carbocycles. The van der Waals surface area contributed by atoms with Gasteiger partial charge in [-0.2, -0.15) is 0 Å². The largest absolute Gasteiger partial charge is 0.493 e. The van der Waals surface area contributed by atoms with Crippen LogP contribution in [0.15, 0.2) is 59.9 Å². The van der Waals surface area contributed by atoms with Gasteiger partial charge in [0.15, 0.2) is 16.7 Å². The molecule has 0 aliphatic rings. The van der Waals surface area contributed by atoms with Crippen molar-refractivity contribution in [1.29, 1.82) is 0 Å². The van der Waals surface area contributed by atoms with E-state index in [0.29, 0.717) is 23.8 Å². The Labute approximate surface area is 175 Å². The zero-order valence-corrected chi connectivity index (χ0v) is 17.7. The standard InChI is InChI=1S/C22H25N3O3S/c1-25-18(17-7-5-4-6-8-17)14-24-22(25)29-15-21(26)23-12-11-16-9-10-19(27-2)20(13-16)28-3/h4-10,13-14H,11-12,15H2,1-3H3,(H,23,26). The molecule has 0 unspecified atom stereocenters. The van der Waals surface area contributed by atoms with Crippen molar-refractivity contribution in [3.63, 3.8) is 0 Å². The quantitative estimate of drug-likeness (QED) is 0.546. The van der Waals surface area contributed by atoms with E-state index in [4.69, 9.17) is 9.47 Å². The van der Waals surface area contributed by atoms with Crippen LogP contribution in [-0.2, 0) is 18.3 Å². The monoisotopic (exact) mass is 411 g/mol. The molecule has 3 rings (SSSR count). The molecular weight excluding hydrogens is 386 g/mol. The van der Waals surface area contributed by atoms with Crippen LogP contribution in [0.5, 0.6) is 11.5 Å². The zero-order valence-electron chi connectivity index (χ0n) is 16.8. The first-order valence-electron chi connectivity index (χ1n) is 9.30. The Hall–Kier alpha value is -2.93. The van der Waals surface area contributed by atoms with Crippen LogP contribution >= 0.6 is 11.8 Å². The van der Waals surface area contributed by atoms with Crippen LogP contribution in [0.1, 0.15) is 5.56 Å². The number of hydrogen-bond donors (Lipinski definition) is 1. The maximum Gasteiger partial charge on any atom is 0.230 e. The number of nitrogens with zero attached hydrogens (tertiary/aromatic N) is 2. The topological polar surface area (TPSA) is 65.4 Å². The Kier molecular flexibility index (Phi) is 7.19. The van der Waals surface area contributed by atoms with Crippen molar-refractivity contribution in [2.45, 2.75) is 11.6 Å². The number of aromatic nitrogens is 2. The van der Waals surface area contributed by atoms with E-state index >= 15 is 0 Å². The number of imidazole rings is 1. The molecule has 6 nitrogen and oxygen atoms in total. The number of methoxy groups -OCH3 is 2. The lowest BCUT2D eigenvalue weighted by Gasteiger charge is -2.10. The van der Waals surface area contributed by atoms with Gasteiger partial charge in [0.2, 0.25) is 5.91 Å². The van der Waals surface area contributed by atoms with E-state index < -0.39 is 0 Å². The van der Waals surface area contributed by atoms with Gasteiger partial charge in [0.05, 0.1) is 31.9 Å². The number of carbonyl (C=O) groups excluding carboxylic acids is 1. The van der Waals surface area contributed by atoms with Crippen LogP contribution in [0, 0.1) is 0 Å². The van der Waals surface area contributed by atoms with Gasteiger partial charge in [-0.15, -0.1) is 0 Å². The van der Waals surface area contributed by atoms with Crippen molar-refractivity contribution in [1.82, 2.24) is 14.9 Å². The SMILES string of the molecule is COc1ccc(CCNC(=O)CSc2ncc(-c3ccccc3)n2C)cc1OC. The molecule has 0 saturated heterocycles. The summed E-state index contributed by atoms with van der Waals surface area (Å²) in [7, 11) is 5.19. The van der Waals surface area contributed by atoms with Gasteiger partial charge in [-0.1, -0.05) is 48.2 Å². The number of rotatable bonds is 9. The first kappa shape index (κ1) is 20.8. The lowest BCUT2D eigenvalue weighted by atomic mass is 10.1. The summed E-state index contributed by atoms with van der Waals surface area (Å²) >= 11 is 1.43. The summed E-state index contributed by atoms with van der Waals surface area (Å²) in [5, 5.41) is 3.77. The molecule has 1 aromatic heterocycles. The lowest BCUT2D eigenvalue weighted by Crippen LogP contribution is -2.27. The van der Waals surface area contributed by atoms with Crippen molar-refractivity contribution in [3.05, 3.63) is 60.3 Å². The minimum Gasteiger partial charge on any atom is -0.493 e. The second-order valence-corrected chi connectivity index (χ2v) is 7.37. The molecule has 1 N–H and O–H groups in total. The Balaban J connectivity index is 1.48. The Bertz CT molecular complexity index is 957. The fraction of sp³-hybridized carbons (Fsp3) is 0.273. The van der Waals surface area contributed by atoms with E-state index in [1.54, 1.807) is 14.2 Å². The highest BCUT2D eigenvalue weighted by atomic mass is 32.2. The minimum atomic E-state index is -0.0141. The first-order valence-corrected chi connectivity index (χ1v) is 10.3. The molecule has 0 bridgehead atoms. The summed E-state index contributed by atoms with van der Waals surface area (Å²) in [6.45, 7) is 0.560. The normalized spacial score (nSPS) is 10.6. The summed E-state index contributed by atoms with van der Waals surface area (Å²) < 4.78 is 12.6. The molecule has 2 aromatic carbocycles. The van der Waals surface area contributed by atoms with Crippen molar-refractivity contribution in [3.8, 4) is 22.8 Å². The summed E-state index contributed by atoms with van der Waals surface area (Å²) in [6.07, 6.45) is 2.56. The maximum atomic E-state index is 12.2. The fourth-order valence-corrected chi connectivity index (χ4v) is 3.75. The number of thioether (sulfide) groups is 1. The van der Waals surface area contributed by atoms with Crippen LogP contribution in [0.3, 0.4) is 0 Å². The molecule has 3 aromatic rings. The lowest BCUT2D eigenvalue weighted by molar-refractivity contribution is -0.118. The van der Waals surface area contributed by atoms with E-state index in [1.807, 2.05) is 66.3 Å². The van der Waals surface area contributed by atoms with Crippen LogP contribution < -0.4 is 14.8 Å². The first-order chi connectivity index (χ1) is 14.1. The Morgan fingerprint density at radius 1 is 1.10 bits per heavy atom.